The second-order valence-corrected chi connectivity index (χ2v) is 15.1. The minimum atomic E-state index is -4.11. The van der Waals surface area contributed by atoms with Crippen molar-refractivity contribution in [3.05, 3.63) is 60.2 Å². The predicted molar refractivity (Wildman–Crippen MR) is 175 cm³/mol. The number of hydrogen-bond donors (Lipinski definition) is 4. The molecule has 0 aliphatic carbocycles. The number of hydrogen-bond acceptors (Lipinski definition) is 9. The fourth-order valence-electron chi connectivity index (χ4n) is 6.00. The molecule has 0 radical (unpaired) electrons. The number of benzene rings is 2. The fraction of sp³-hybridized carbons (Fsp3) is 0.576. The largest absolute Gasteiger partial charge is 0.465 e. The quantitative estimate of drug-likeness (QED) is 0.152. The Morgan fingerprint density at radius 1 is 1.11 bits per heavy atom. The number of nitrogens with zero attached hydrogens (tertiary/aromatic N) is 2. The summed E-state index contributed by atoms with van der Waals surface area (Å²) < 4.78 is 46.2. The first-order valence-corrected chi connectivity index (χ1v) is 17.4. The minimum absolute atomic E-state index is 0.0272. The molecule has 260 valence electrons. The first-order valence-electron chi connectivity index (χ1n) is 16.0. The van der Waals surface area contributed by atoms with Crippen LogP contribution in [0.15, 0.2) is 59.5 Å². The number of nitrogen functional groups attached to an aromatic ring is 1. The van der Waals surface area contributed by atoms with Crippen molar-refractivity contribution in [3.63, 3.8) is 0 Å². The van der Waals surface area contributed by atoms with E-state index in [9.17, 15) is 23.1 Å². The van der Waals surface area contributed by atoms with E-state index < -0.39 is 52.2 Å². The number of anilines is 1. The molecule has 2 fully saturated rings. The van der Waals surface area contributed by atoms with Gasteiger partial charge < -0.3 is 40.4 Å². The fourth-order valence-corrected chi connectivity index (χ4v) is 7.65. The Morgan fingerprint density at radius 3 is 2.49 bits per heavy atom. The van der Waals surface area contributed by atoms with Gasteiger partial charge in [0.05, 0.1) is 36.2 Å². The van der Waals surface area contributed by atoms with Gasteiger partial charge in [0.1, 0.15) is 6.10 Å². The van der Waals surface area contributed by atoms with Crippen LogP contribution in [0.3, 0.4) is 0 Å². The molecule has 4 rings (SSSR count). The summed E-state index contributed by atoms with van der Waals surface area (Å²) in [5, 5.41) is 23.6. The minimum Gasteiger partial charge on any atom is -0.465 e. The number of ether oxygens (including phenoxy) is 3. The molecule has 0 spiro atoms. The lowest BCUT2D eigenvalue weighted by Gasteiger charge is -2.35. The Hall–Kier alpha value is -3.43. The lowest BCUT2D eigenvalue weighted by molar-refractivity contribution is -0.0907. The van der Waals surface area contributed by atoms with Crippen molar-refractivity contribution in [1.82, 2.24) is 14.5 Å². The summed E-state index contributed by atoms with van der Waals surface area (Å²) in [6.45, 7) is 4.74. The van der Waals surface area contributed by atoms with Gasteiger partial charge in [-0.05, 0) is 60.9 Å². The summed E-state index contributed by atoms with van der Waals surface area (Å²) in [6, 6.07) is 14.3. The molecule has 0 unspecified atom stereocenters. The molecule has 2 aliphatic rings. The molecule has 2 saturated heterocycles. The predicted octanol–water partition coefficient (Wildman–Crippen LogP) is 3.53. The van der Waals surface area contributed by atoms with Gasteiger partial charge in [0.2, 0.25) is 10.0 Å². The average Bonchev–Trinajstić information content (AvgIpc) is 3.64. The number of fused-ring (bicyclic) bond motifs is 1. The van der Waals surface area contributed by atoms with Gasteiger partial charge >= 0.3 is 12.2 Å². The first-order chi connectivity index (χ1) is 22.2. The molecule has 14 heteroatoms. The highest BCUT2D eigenvalue weighted by Gasteiger charge is 2.44. The standard InChI is InChI=1S/C33H48N4O9S/c1-33(2,16-7-8-17-36(3)32(40)41)22-37(47(42,43)25-13-11-24(34)12-14-25)20-28(38)27(19-23-9-5-4-6-10-23)35-31(39)46-29-21-45-30-26(29)15-18-44-30/h4-6,9-14,26-30,38H,7-8,15-22,34H2,1-3H3,(H,35,39)(H,40,41)/t26-,27+,28-,29-,30+/m1/s1. The van der Waals surface area contributed by atoms with Gasteiger partial charge in [0.25, 0.3) is 0 Å². The van der Waals surface area contributed by atoms with E-state index in [0.29, 0.717) is 44.5 Å². The zero-order chi connectivity index (χ0) is 34.2. The number of amides is 2. The summed E-state index contributed by atoms with van der Waals surface area (Å²) in [6.07, 6.45) is -1.10. The van der Waals surface area contributed by atoms with Gasteiger partial charge in [-0.15, -0.1) is 0 Å². The van der Waals surface area contributed by atoms with E-state index in [1.54, 1.807) is 0 Å². The van der Waals surface area contributed by atoms with Crippen molar-refractivity contribution in [2.45, 2.75) is 75.4 Å². The van der Waals surface area contributed by atoms with Crippen LogP contribution in [-0.2, 0) is 30.7 Å². The maximum absolute atomic E-state index is 14.1. The Morgan fingerprint density at radius 2 is 1.81 bits per heavy atom. The van der Waals surface area contributed by atoms with Crippen LogP contribution in [0.4, 0.5) is 15.3 Å². The molecular weight excluding hydrogens is 628 g/mol. The first kappa shape index (κ1) is 36.4. The van der Waals surface area contributed by atoms with E-state index in [4.69, 9.17) is 25.1 Å². The molecular formula is C33H48N4O9S. The van der Waals surface area contributed by atoms with Crippen molar-refractivity contribution in [3.8, 4) is 0 Å². The van der Waals surface area contributed by atoms with Crippen LogP contribution in [0, 0.1) is 11.3 Å². The second-order valence-electron chi connectivity index (χ2n) is 13.2. The number of nitrogens with two attached hydrogens (primary N) is 1. The highest BCUT2D eigenvalue weighted by molar-refractivity contribution is 7.89. The van der Waals surface area contributed by atoms with E-state index >= 15 is 0 Å². The van der Waals surface area contributed by atoms with Gasteiger partial charge in [0, 0.05) is 32.4 Å². The Bertz CT molecular complexity index is 1430. The zero-order valence-corrected chi connectivity index (χ0v) is 28.1. The topological polar surface area (TPSA) is 181 Å². The van der Waals surface area contributed by atoms with Gasteiger partial charge in [-0.2, -0.15) is 4.31 Å². The second kappa shape index (κ2) is 16.1. The van der Waals surface area contributed by atoms with Gasteiger partial charge in [-0.25, -0.2) is 18.0 Å². The SMILES string of the molecule is CN(CCCCC(C)(C)CN(C[C@@H](O)[C@H](Cc1ccccc1)NC(=O)O[C@@H]1CO[C@@H]2OCC[C@@H]21)S(=O)(=O)c1ccc(N)cc1)C(=O)O. The molecule has 0 bridgehead atoms. The monoisotopic (exact) mass is 676 g/mol. The van der Waals surface area contributed by atoms with E-state index in [1.165, 1.54) is 40.5 Å². The summed E-state index contributed by atoms with van der Waals surface area (Å²) in [5.41, 5.74) is 6.54. The van der Waals surface area contributed by atoms with Crippen LogP contribution < -0.4 is 11.1 Å². The molecule has 2 amide bonds. The Kier molecular flexibility index (Phi) is 12.5. The van der Waals surface area contributed by atoms with E-state index in [1.807, 2.05) is 44.2 Å². The van der Waals surface area contributed by atoms with Crippen LogP contribution in [-0.4, -0.2) is 104 Å². The Labute approximate surface area is 277 Å². The number of aliphatic hydroxyl groups excluding tert-OH is 1. The third kappa shape index (κ3) is 10.3. The van der Waals surface area contributed by atoms with Crippen LogP contribution in [0.25, 0.3) is 0 Å². The number of sulfonamides is 1. The molecule has 13 nitrogen and oxygen atoms in total. The summed E-state index contributed by atoms with van der Waals surface area (Å²) in [5.74, 6) is -0.0643. The number of rotatable bonds is 16. The number of nitrogens with one attached hydrogen (secondary N) is 1. The smallest absolute Gasteiger partial charge is 0.407 e. The molecule has 2 aliphatic heterocycles. The number of unbranched alkanes of at least 4 members (excludes halogenated alkanes) is 1. The van der Waals surface area contributed by atoms with Gasteiger partial charge in [-0.1, -0.05) is 50.6 Å². The molecule has 0 aromatic heterocycles. The number of carboxylic acid groups (broad SMARTS) is 1. The third-order valence-electron chi connectivity index (χ3n) is 8.75. The number of carbonyl (C=O) groups excluding carboxylic acids is 1. The molecule has 2 heterocycles. The summed E-state index contributed by atoms with van der Waals surface area (Å²) in [7, 11) is -2.60. The van der Waals surface area contributed by atoms with Gasteiger partial charge in [-0.3, -0.25) is 0 Å². The molecule has 2 aromatic rings. The van der Waals surface area contributed by atoms with Crippen LogP contribution in [0.2, 0.25) is 0 Å². The summed E-state index contributed by atoms with van der Waals surface area (Å²) >= 11 is 0. The Balaban J connectivity index is 1.52. The van der Waals surface area contributed by atoms with Crippen LogP contribution in [0.1, 0.15) is 45.1 Å². The number of carbonyl (C=O) groups is 2. The highest BCUT2D eigenvalue weighted by atomic mass is 32.2. The van der Waals surface area contributed by atoms with E-state index in [0.717, 1.165) is 5.56 Å². The van der Waals surface area contributed by atoms with Crippen LogP contribution >= 0.6 is 0 Å². The zero-order valence-electron chi connectivity index (χ0n) is 27.3. The molecule has 0 saturated carbocycles. The molecule has 47 heavy (non-hydrogen) atoms. The van der Waals surface area contributed by atoms with E-state index in [2.05, 4.69) is 5.32 Å². The lowest BCUT2D eigenvalue weighted by atomic mass is 9.87. The number of alkyl carbamates (subject to hydrolysis) is 1. The molecule has 5 atom stereocenters. The maximum atomic E-state index is 14.1. The maximum Gasteiger partial charge on any atom is 0.407 e. The summed E-state index contributed by atoms with van der Waals surface area (Å²) in [4.78, 5) is 25.6. The van der Waals surface area contributed by atoms with Gasteiger partial charge in [0.15, 0.2) is 6.29 Å². The number of aliphatic hydroxyl groups is 1. The van der Waals surface area contributed by atoms with Crippen molar-refractivity contribution in [2.75, 3.05) is 45.6 Å². The molecule has 2 aromatic carbocycles. The van der Waals surface area contributed by atoms with Crippen molar-refractivity contribution >= 4 is 27.9 Å². The third-order valence-corrected chi connectivity index (χ3v) is 10.6. The van der Waals surface area contributed by atoms with Crippen molar-refractivity contribution < 1.29 is 42.4 Å². The molecule has 5 N–H and O–H groups in total. The average molecular weight is 677 g/mol. The van der Waals surface area contributed by atoms with Crippen LogP contribution in [0.5, 0.6) is 0 Å². The van der Waals surface area contributed by atoms with Crippen molar-refractivity contribution in [2.24, 2.45) is 11.3 Å². The van der Waals surface area contributed by atoms with Crippen molar-refractivity contribution in [1.29, 1.82) is 0 Å². The highest BCUT2D eigenvalue weighted by Crippen LogP contribution is 2.33. The van der Waals surface area contributed by atoms with E-state index in [-0.39, 0.29) is 36.9 Å². The lowest BCUT2D eigenvalue weighted by Crippen LogP contribution is -2.52. The normalized spacial score (nSPS) is 20.8.